The molecule has 0 spiro atoms. The van der Waals surface area contributed by atoms with Crippen LogP contribution < -0.4 is 5.56 Å². The normalized spacial score (nSPS) is 10.4. The summed E-state index contributed by atoms with van der Waals surface area (Å²) in [7, 11) is 0. The summed E-state index contributed by atoms with van der Waals surface area (Å²) in [5, 5.41) is 31.5. The molecule has 0 unspecified atom stereocenters. The zero-order chi connectivity index (χ0) is 21.8. The molecule has 1 aromatic heterocycles. The summed E-state index contributed by atoms with van der Waals surface area (Å²) in [5.74, 6) is -1.45. The number of hydrogen-bond acceptors (Lipinski definition) is 6. The van der Waals surface area contributed by atoms with E-state index in [4.69, 9.17) is 0 Å². The molecule has 8 nitrogen and oxygen atoms in total. The molecular formula is C22H17N3O5. The Morgan fingerprint density at radius 2 is 1.80 bits per heavy atom. The molecule has 30 heavy (non-hydrogen) atoms. The van der Waals surface area contributed by atoms with Gasteiger partial charge in [0.25, 0.3) is 11.2 Å². The number of carbonyl (C=O) groups excluding carboxylic acids is 1. The van der Waals surface area contributed by atoms with Gasteiger partial charge in [-0.1, -0.05) is 42.5 Å². The fourth-order valence-corrected chi connectivity index (χ4v) is 3.28. The molecule has 3 rings (SSSR count). The first-order valence-corrected chi connectivity index (χ1v) is 9.05. The summed E-state index contributed by atoms with van der Waals surface area (Å²) in [4.78, 5) is 36.5. The second-order valence-corrected chi connectivity index (χ2v) is 6.61. The van der Waals surface area contributed by atoms with Gasteiger partial charge in [0.1, 0.15) is 17.2 Å². The van der Waals surface area contributed by atoms with Crippen molar-refractivity contribution >= 4 is 11.5 Å². The van der Waals surface area contributed by atoms with Crippen LogP contribution in [0, 0.1) is 28.4 Å². The van der Waals surface area contributed by atoms with Crippen molar-refractivity contribution in [3.8, 4) is 11.9 Å². The minimum Gasteiger partial charge on any atom is -0.494 e. The summed E-state index contributed by atoms with van der Waals surface area (Å²) in [6.45, 7) is 1.39. The van der Waals surface area contributed by atoms with Gasteiger partial charge in [-0.3, -0.25) is 24.3 Å². The Morgan fingerprint density at radius 3 is 2.43 bits per heavy atom. The number of nitro benzene ring substituents is 1. The van der Waals surface area contributed by atoms with Gasteiger partial charge in [0.2, 0.25) is 11.7 Å². The van der Waals surface area contributed by atoms with Crippen LogP contribution in [0.2, 0.25) is 0 Å². The Hall–Kier alpha value is -4.25. The van der Waals surface area contributed by atoms with Crippen LogP contribution in [0.5, 0.6) is 5.88 Å². The van der Waals surface area contributed by atoms with Crippen molar-refractivity contribution in [2.24, 2.45) is 0 Å². The number of nitriles is 1. The van der Waals surface area contributed by atoms with E-state index in [1.165, 1.54) is 31.2 Å². The van der Waals surface area contributed by atoms with Gasteiger partial charge in [-0.05, 0) is 30.5 Å². The van der Waals surface area contributed by atoms with Crippen LogP contribution in [0.1, 0.15) is 32.6 Å². The van der Waals surface area contributed by atoms with Crippen molar-refractivity contribution in [2.75, 3.05) is 0 Å². The molecular weight excluding hydrogens is 386 g/mol. The maximum Gasteiger partial charge on any atom is 0.280 e. The number of ketones is 1. The van der Waals surface area contributed by atoms with Gasteiger partial charge in [0.05, 0.1) is 10.5 Å². The molecule has 0 radical (unpaired) electrons. The molecule has 0 atom stereocenters. The van der Waals surface area contributed by atoms with Crippen LogP contribution in [-0.4, -0.2) is 20.4 Å². The zero-order valence-corrected chi connectivity index (χ0v) is 16.0. The molecule has 8 heteroatoms. The second kappa shape index (κ2) is 8.41. The van der Waals surface area contributed by atoms with Gasteiger partial charge in [-0.2, -0.15) is 5.26 Å². The summed E-state index contributed by atoms with van der Waals surface area (Å²) in [6, 6.07) is 16.3. The minimum atomic E-state index is -0.831. The van der Waals surface area contributed by atoms with Crippen molar-refractivity contribution in [3.63, 3.8) is 0 Å². The van der Waals surface area contributed by atoms with E-state index in [9.17, 15) is 30.1 Å². The van der Waals surface area contributed by atoms with Gasteiger partial charge >= 0.3 is 0 Å². The Balaban J connectivity index is 2.16. The molecule has 0 fully saturated rings. The first-order chi connectivity index (χ1) is 14.4. The lowest BCUT2D eigenvalue weighted by Gasteiger charge is -2.15. The monoisotopic (exact) mass is 403 g/mol. The molecule has 0 aliphatic carbocycles. The molecule has 150 valence electrons. The lowest BCUT2D eigenvalue weighted by atomic mass is 9.96. The molecule has 0 amide bonds. The predicted octanol–water partition coefficient (Wildman–Crippen LogP) is 3.12. The zero-order valence-electron chi connectivity index (χ0n) is 16.0. The highest BCUT2D eigenvalue weighted by Gasteiger charge is 2.28. The number of carbonyl (C=O) groups is 1. The maximum absolute atomic E-state index is 13.1. The van der Waals surface area contributed by atoms with Crippen LogP contribution in [-0.2, 0) is 13.0 Å². The lowest BCUT2D eigenvalue weighted by Crippen LogP contribution is -2.27. The second-order valence-electron chi connectivity index (χ2n) is 6.61. The highest BCUT2D eigenvalue weighted by Crippen LogP contribution is 2.28. The maximum atomic E-state index is 13.1. The molecule has 1 heterocycles. The number of nitrogens with zero attached hydrogens (tertiary/aromatic N) is 3. The molecule has 0 bridgehead atoms. The summed E-state index contributed by atoms with van der Waals surface area (Å²) >= 11 is 0. The van der Waals surface area contributed by atoms with Gasteiger partial charge in [0.15, 0.2) is 0 Å². The van der Waals surface area contributed by atoms with E-state index in [1.54, 1.807) is 6.07 Å². The highest BCUT2D eigenvalue weighted by atomic mass is 16.6. The van der Waals surface area contributed by atoms with E-state index in [0.717, 1.165) is 10.1 Å². The molecule has 1 N–H and O–H groups in total. The molecule has 2 aromatic carbocycles. The Kier molecular flexibility index (Phi) is 5.74. The van der Waals surface area contributed by atoms with Crippen molar-refractivity contribution in [3.05, 3.63) is 103 Å². The molecule has 0 aliphatic rings. The van der Waals surface area contributed by atoms with E-state index >= 15 is 0 Å². The topological polar surface area (TPSA) is 126 Å². The number of benzene rings is 2. The van der Waals surface area contributed by atoms with E-state index in [1.807, 2.05) is 30.3 Å². The number of hydrogen-bond donors (Lipinski definition) is 1. The summed E-state index contributed by atoms with van der Waals surface area (Å²) in [5.41, 5.74) is -1.09. The molecule has 0 aliphatic heterocycles. The number of pyridine rings is 1. The van der Waals surface area contributed by atoms with Crippen LogP contribution in [0.4, 0.5) is 5.69 Å². The predicted molar refractivity (Wildman–Crippen MR) is 108 cm³/mol. The fourth-order valence-electron chi connectivity index (χ4n) is 3.28. The van der Waals surface area contributed by atoms with Gasteiger partial charge in [0, 0.05) is 12.6 Å². The van der Waals surface area contributed by atoms with Crippen LogP contribution in [0.25, 0.3) is 0 Å². The average molecular weight is 403 g/mol. The SMILES string of the molecule is Cc1c(C(=O)c2ccccc2[N+](=O)[O-])c(O)n(CCc2ccccc2)c(=O)c1C#N. The first kappa shape index (κ1) is 20.5. The van der Waals surface area contributed by atoms with E-state index in [0.29, 0.717) is 6.42 Å². The standard InChI is InChI=1S/C22H17N3O5/c1-14-17(13-23)21(27)24(12-11-15-7-3-2-4-8-15)22(28)19(14)20(26)16-9-5-6-10-18(16)25(29)30/h2-10,28H,11-12H2,1H3. The third-order valence-corrected chi connectivity index (χ3v) is 4.84. The highest BCUT2D eigenvalue weighted by molar-refractivity contribution is 6.13. The largest absolute Gasteiger partial charge is 0.494 e. The number of aromatic hydroxyl groups is 1. The number of aromatic nitrogens is 1. The Bertz CT molecular complexity index is 1240. The van der Waals surface area contributed by atoms with Crippen molar-refractivity contribution < 1.29 is 14.8 Å². The Labute approximate surface area is 171 Å². The smallest absolute Gasteiger partial charge is 0.280 e. The quantitative estimate of drug-likeness (QED) is 0.383. The first-order valence-electron chi connectivity index (χ1n) is 9.05. The number of aryl methyl sites for hydroxylation is 1. The van der Waals surface area contributed by atoms with Crippen LogP contribution in [0.15, 0.2) is 59.4 Å². The summed E-state index contributed by atoms with van der Waals surface area (Å²) in [6.07, 6.45) is 0.376. The minimum absolute atomic E-state index is 0.0147. The van der Waals surface area contributed by atoms with Crippen LogP contribution in [0.3, 0.4) is 0 Å². The van der Waals surface area contributed by atoms with Gasteiger partial charge < -0.3 is 5.11 Å². The number of rotatable bonds is 6. The van der Waals surface area contributed by atoms with E-state index in [2.05, 4.69) is 0 Å². The van der Waals surface area contributed by atoms with Gasteiger partial charge in [-0.15, -0.1) is 0 Å². The van der Waals surface area contributed by atoms with E-state index in [-0.39, 0.29) is 28.8 Å². The molecule has 0 saturated heterocycles. The van der Waals surface area contributed by atoms with Gasteiger partial charge in [-0.25, -0.2) is 0 Å². The summed E-state index contributed by atoms with van der Waals surface area (Å²) < 4.78 is 0.959. The fraction of sp³-hybridized carbons (Fsp3) is 0.136. The van der Waals surface area contributed by atoms with Crippen molar-refractivity contribution in [1.82, 2.24) is 4.57 Å². The van der Waals surface area contributed by atoms with Crippen LogP contribution >= 0.6 is 0 Å². The number of para-hydroxylation sites is 1. The third-order valence-electron chi connectivity index (χ3n) is 4.84. The number of nitro groups is 1. The van der Waals surface area contributed by atoms with Crippen molar-refractivity contribution in [2.45, 2.75) is 19.9 Å². The average Bonchev–Trinajstić information content (AvgIpc) is 2.74. The van der Waals surface area contributed by atoms with E-state index < -0.39 is 27.8 Å². The molecule has 0 saturated carbocycles. The third kappa shape index (κ3) is 3.69. The molecule has 3 aromatic rings. The van der Waals surface area contributed by atoms with Crippen molar-refractivity contribution in [1.29, 1.82) is 5.26 Å². The Morgan fingerprint density at radius 1 is 1.17 bits per heavy atom. The lowest BCUT2D eigenvalue weighted by molar-refractivity contribution is -0.385.